The van der Waals surface area contributed by atoms with Gasteiger partial charge in [-0.05, 0) is 97.8 Å². The van der Waals surface area contributed by atoms with Gasteiger partial charge in [0.2, 0.25) is 5.95 Å². The Bertz CT molecular complexity index is 1520. The lowest BCUT2D eigenvalue weighted by Gasteiger charge is -2.31. The Morgan fingerprint density at radius 2 is 1.82 bits per heavy atom. The highest BCUT2D eigenvalue weighted by atomic mass is 16.3. The number of hydrogen-bond donors (Lipinski definition) is 3. The van der Waals surface area contributed by atoms with Gasteiger partial charge in [0.1, 0.15) is 5.65 Å². The molecule has 0 bridgehead atoms. The maximum Gasteiger partial charge on any atom is 0.260 e. The van der Waals surface area contributed by atoms with Crippen molar-refractivity contribution in [3.63, 3.8) is 0 Å². The van der Waals surface area contributed by atoms with E-state index in [2.05, 4.69) is 54.0 Å². The number of rotatable bonds is 7. The van der Waals surface area contributed by atoms with Crippen molar-refractivity contribution in [2.45, 2.75) is 76.0 Å². The maximum atomic E-state index is 14.1. The van der Waals surface area contributed by atoms with Crippen molar-refractivity contribution in [3.8, 4) is 0 Å². The third-order valence-electron chi connectivity index (χ3n) is 8.84. The number of likely N-dealkylation sites (tertiary alicyclic amines) is 1. The average Bonchev–Trinajstić information content (AvgIpc) is 3.64. The van der Waals surface area contributed by atoms with E-state index in [1.807, 2.05) is 10.8 Å². The summed E-state index contributed by atoms with van der Waals surface area (Å²) in [5.74, 6) is 2.52. The molecule has 0 radical (unpaired) electrons. The second kappa shape index (κ2) is 10.3. The van der Waals surface area contributed by atoms with Gasteiger partial charge in [0.25, 0.3) is 5.56 Å². The van der Waals surface area contributed by atoms with Crippen molar-refractivity contribution < 1.29 is 5.11 Å². The molecule has 4 aromatic rings. The first-order valence-corrected chi connectivity index (χ1v) is 14.3. The van der Waals surface area contributed by atoms with Crippen LogP contribution in [0.2, 0.25) is 0 Å². The highest BCUT2D eigenvalue weighted by Crippen LogP contribution is 2.33. The maximum absolute atomic E-state index is 14.1. The first-order valence-electron chi connectivity index (χ1n) is 14.3. The number of hydrogen-bond acceptors (Lipinski definition) is 9. The number of aromatic amines is 1. The Labute approximate surface area is 226 Å². The Hall–Kier alpha value is -3.44. The van der Waals surface area contributed by atoms with Gasteiger partial charge in [-0.1, -0.05) is 12.1 Å². The fourth-order valence-electron chi connectivity index (χ4n) is 6.33. The highest BCUT2D eigenvalue weighted by Gasteiger charge is 2.27. The van der Waals surface area contributed by atoms with E-state index in [-0.39, 0.29) is 17.7 Å². The molecular formula is C28H35N9O2. The van der Waals surface area contributed by atoms with Crippen LogP contribution in [-0.2, 0) is 6.54 Å². The number of fused-ring (bicyclic) bond motifs is 3. The number of anilines is 1. The zero-order valence-electron chi connectivity index (χ0n) is 22.1. The molecule has 204 valence electrons. The van der Waals surface area contributed by atoms with Crippen LogP contribution in [0.3, 0.4) is 0 Å². The summed E-state index contributed by atoms with van der Waals surface area (Å²) >= 11 is 0. The van der Waals surface area contributed by atoms with Gasteiger partial charge in [-0.3, -0.25) is 14.3 Å². The van der Waals surface area contributed by atoms with Gasteiger partial charge in [0, 0.05) is 42.0 Å². The lowest BCUT2D eigenvalue weighted by Crippen LogP contribution is -2.33. The molecule has 2 saturated carbocycles. The quantitative estimate of drug-likeness (QED) is 0.308. The highest BCUT2D eigenvalue weighted by molar-refractivity contribution is 6.04. The molecule has 11 nitrogen and oxygen atoms in total. The Balaban J connectivity index is 1.21. The summed E-state index contributed by atoms with van der Waals surface area (Å²) in [6.45, 7) is 3.58. The molecule has 1 aliphatic heterocycles. The van der Waals surface area contributed by atoms with Gasteiger partial charge in [-0.15, -0.1) is 5.10 Å². The van der Waals surface area contributed by atoms with Crippen LogP contribution in [-0.4, -0.2) is 70.9 Å². The number of pyridine rings is 1. The molecule has 7 rings (SSSR count). The Kier molecular flexibility index (Phi) is 6.48. The van der Waals surface area contributed by atoms with Crippen LogP contribution in [0.1, 0.15) is 74.7 Å². The lowest BCUT2D eigenvalue weighted by molar-refractivity contribution is 0.111. The zero-order chi connectivity index (χ0) is 26.3. The summed E-state index contributed by atoms with van der Waals surface area (Å²) in [6, 6.07) is 6.29. The molecule has 11 heteroatoms. The predicted molar refractivity (Wildman–Crippen MR) is 147 cm³/mol. The summed E-state index contributed by atoms with van der Waals surface area (Å²) in [4.78, 5) is 26.1. The van der Waals surface area contributed by atoms with E-state index in [4.69, 9.17) is 4.98 Å². The van der Waals surface area contributed by atoms with E-state index in [1.165, 1.54) is 12.8 Å². The van der Waals surface area contributed by atoms with Gasteiger partial charge in [-0.25, -0.2) is 10.1 Å². The van der Waals surface area contributed by atoms with E-state index in [9.17, 15) is 9.90 Å². The van der Waals surface area contributed by atoms with Crippen LogP contribution in [0.5, 0.6) is 0 Å². The molecule has 1 aromatic carbocycles. The topological polar surface area (TPSA) is 138 Å². The number of aliphatic hydroxyl groups is 1. The summed E-state index contributed by atoms with van der Waals surface area (Å²) in [5, 5.41) is 30.5. The van der Waals surface area contributed by atoms with E-state index in [1.54, 1.807) is 0 Å². The van der Waals surface area contributed by atoms with Gasteiger partial charge in [0.15, 0.2) is 5.82 Å². The van der Waals surface area contributed by atoms with Crippen LogP contribution >= 0.6 is 0 Å². The third kappa shape index (κ3) is 5.00. The fourth-order valence-corrected chi connectivity index (χ4v) is 6.33. The SMILES string of the molecule is O=c1c2cc(CN3CCC(c4nnn[nH]4)CC3)ccc2c2cnc(NCC3CC3)nc2n1[C@H]1CC[C@H](O)CC1. The first-order chi connectivity index (χ1) is 19.1. The van der Waals surface area contributed by atoms with Gasteiger partial charge in [-0.2, -0.15) is 4.98 Å². The second-order valence-corrected chi connectivity index (χ2v) is 11.6. The van der Waals surface area contributed by atoms with E-state index in [0.717, 1.165) is 79.4 Å². The molecule has 3 aliphatic rings. The van der Waals surface area contributed by atoms with Crippen molar-refractivity contribution in [2.75, 3.05) is 25.0 Å². The van der Waals surface area contributed by atoms with Gasteiger partial charge >= 0.3 is 0 Å². The Morgan fingerprint density at radius 1 is 1.00 bits per heavy atom. The van der Waals surface area contributed by atoms with E-state index < -0.39 is 0 Å². The molecule has 0 unspecified atom stereocenters. The molecule has 0 atom stereocenters. The number of tetrazole rings is 1. The number of piperidine rings is 1. The van der Waals surface area contributed by atoms with Gasteiger partial charge < -0.3 is 10.4 Å². The molecule has 3 N–H and O–H groups in total. The van der Waals surface area contributed by atoms with E-state index >= 15 is 0 Å². The van der Waals surface area contributed by atoms with Crippen LogP contribution in [0.25, 0.3) is 21.8 Å². The molecule has 3 aromatic heterocycles. The molecule has 1 saturated heterocycles. The van der Waals surface area contributed by atoms with Crippen LogP contribution < -0.4 is 10.9 Å². The summed E-state index contributed by atoms with van der Waals surface area (Å²) in [6.07, 6.45) is 9.04. The molecule has 39 heavy (non-hydrogen) atoms. The van der Waals surface area contributed by atoms with Crippen molar-refractivity contribution in [1.29, 1.82) is 0 Å². The summed E-state index contributed by atoms with van der Waals surface area (Å²) in [5.41, 5.74) is 1.83. The fraction of sp³-hybridized carbons (Fsp3) is 0.571. The molecule has 0 amide bonds. The normalized spacial score (nSPS) is 23.0. The molecule has 2 aliphatic carbocycles. The second-order valence-electron chi connectivity index (χ2n) is 11.6. The Morgan fingerprint density at radius 3 is 2.56 bits per heavy atom. The number of nitrogens with one attached hydrogen (secondary N) is 2. The monoisotopic (exact) mass is 529 g/mol. The molecular weight excluding hydrogens is 494 g/mol. The smallest absolute Gasteiger partial charge is 0.260 e. The molecule has 0 spiro atoms. The largest absolute Gasteiger partial charge is 0.393 e. The summed E-state index contributed by atoms with van der Waals surface area (Å²) in [7, 11) is 0. The van der Waals surface area contributed by atoms with Crippen molar-refractivity contribution in [1.82, 2.24) is 40.1 Å². The number of nitrogens with zero attached hydrogens (tertiary/aromatic N) is 7. The van der Waals surface area contributed by atoms with Crippen molar-refractivity contribution >= 4 is 27.8 Å². The minimum atomic E-state index is -0.287. The van der Waals surface area contributed by atoms with Gasteiger partial charge in [0.05, 0.1) is 6.10 Å². The number of aromatic nitrogens is 7. The van der Waals surface area contributed by atoms with Crippen molar-refractivity contribution in [2.24, 2.45) is 5.92 Å². The lowest BCUT2D eigenvalue weighted by atomic mass is 9.92. The zero-order valence-corrected chi connectivity index (χ0v) is 22.1. The average molecular weight is 530 g/mol. The molecule has 3 fully saturated rings. The minimum Gasteiger partial charge on any atom is -0.393 e. The summed E-state index contributed by atoms with van der Waals surface area (Å²) < 4.78 is 1.90. The predicted octanol–water partition coefficient (Wildman–Crippen LogP) is 3.14. The van der Waals surface area contributed by atoms with Crippen LogP contribution in [0.4, 0.5) is 5.95 Å². The number of benzene rings is 1. The number of H-pyrrole nitrogens is 1. The number of aliphatic hydroxyl groups excluding tert-OH is 1. The molecule has 4 heterocycles. The first kappa shape index (κ1) is 24.6. The standard InChI is InChI=1S/C28H35N9O2/c38-21-6-4-20(5-7-21)37-26-24(15-30-28(31-26)29-14-17-1-2-17)22-8-3-18(13-23(22)27(37)39)16-36-11-9-19(10-12-36)25-32-34-35-33-25/h3,8,13,15,17,19-21,38H,1-2,4-7,9-12,14,16H2,(H,29,30,31)(H,32,33,34,35)/t20-,21-. The van der Waals surface area contributed by atoms with Crippen LogP contribution in [0, 0.1) is 5.92 Å². The third-order valence-corrected chi connectivity index (χ3v) is 8.84. The van der Waals surface area contributed by atoms with E-state index in [0.29, 0.717) is 36.3 Å². The van der Waals surface area contributed by atoms with Crippen molar-refractivity contribution in [3.05, 3.63) is 46.1 Å². The minimum absolute atomic E-state index is 0.00381. The van der Waals surface area contributed by atoms with Crippen LogP contribution in [0.15, 0.2) is 29.2 Å².